The van der Waals surface area contributed by atoms with Crippen molar-refractivity contribution >= 4 is 17.4 Å². The summed E-state index contributed by atoms with van der Waals surface area (Å²) in [6, 6.07) is 14.3. The molecule has 2 aromatic rings. The number of hydrogen-bond donors (Lipinski definition) is 1. The number of ketones is 1. The second-order valence-electron chi connectivity index (χ2n) is 9.98. The fraction of sp³-hybridized carbons (Fsp3) is 0.448. The summed E-state index contributed by atoms with van der Waals surface area (Å²) in [6.45, 7) is 13.8. The monoisotopic (exact) mass is 478 g/mol. The molecule has 3 rings (SSSR count). The van der Waals surface area contributed by atoms with Gasteiger partial charge in [0.15, 0.2) is 0 Å². The maximum atomic E-state index is 13.3. The van der Waals surface area contributed by atoms with Gasteiger partial charge in [0.1, 0.15) is 11.5 Å². The first kappa shape index (κ1) is 26.5. The Labute approximate surface area is 209 Å². The maximum Gasteiger partial charge on any atom is 0.295 e. The summed E-state index contributed by atoms with van der Waals surface area (Å²) in [6.07, 6.45) is 0.741. The molecule has 6 heteroatoms. The van der Waals surface area contributed by atoms with Crippen LogP contribution in [-0.4, -0.2) is 59.9 Å². The third-order valence-electron chi connectivity index (χ3n) is 6.74. The highest BCUT2D eigenvalue weighted by atomic mass is 16.5. The lowest BCUT2D eigenvalue weighted by molar-refractivity contribution is -0.140. The normalized spacial score (nSPS) is 17.9. The molecule has 0 radical (unpaired) electrons. The maximum absolute atomic E-state index is 13.3. The Morgan fingerprint density at radius 2 is 1.71 bits per heavy atom. The zero-order valence-corrected chi connectivity index (χ0v) is 21.8. The molecule has 188 valence electrons. The highest BCUT2D eigenvalue weighted by Gasteiger charge is 2.45. The van der Waals surface area contributed by atoms with Gasteiger partial charge in [-0.25, -0.2) is 0 Å². The SMILES string of the molecule is CCN(CC)CCCN1C(=O)C(=O)C(=C(O)c2cccc(OC)c2)[C@@H]1c1ccc(C(C)(C)C)cc1. The van der Waals surface area contributed by atoms with Crippen LogP contribution in [0.5, 0.6) is 5.75 Å². The number of ether oxygens (including phenoxy) is 1. The molecular weight excluding hydrogens is 440 g/mol. The van der Waals surface area contributed by atoms with E-state index in [2.05, 4.69) is 39.5 Å². The standard InChI is InChI=1S/C29H38N2O4/c1-7-30(8-2)17-10-18-31-25(20-13-15-22(16-14-20)29(3,4)5)24(27(33)28(31)34)26(32)21-11-9-12-23(19-21)35-6/h9,11-16,19,25,32H,7-8,10,17-18H2,1-6H3/t25-/m0/s1. The van der Waals surface area contributed by atoms with Crippen molar-refractivity contribution in [2.24, 2.45) is 0 Å². The van der Waals surface area contributed by atoms with Crippen LogP contribution in [0.4, 0.5) is 0 Å². The van der Waals surface area contributed by atoms with Crippen molar-refractivity contribution in [3.05, 3.63) is 70.8 Å². The summed E-state index contributed by atoms with van der Waals surface area (Å²) in [5, 5.41) is 11.3. The number of carbonyl (C=O) groups is 2. The quantitative estimate of drug-likeness (QED) is 0.307. The van der Waals surface area contributed by atoms with Crippen molar-refractivity contribution in [2.45, 2.75) is 52.5 Å². The van der Waals surface area contributed by atoms with E-state index in [9.17, 15) is 14.7 Å². The van der Waals surface area contributed by atoms with Crippen molar-refractivity contribution in [2.75, 3.05) is 33.3 Å². The minimum Gasteiger partial charge on any atom is -0.507 e. The summed E-state index contributed by atoms with van der Waals surface area (Å²) in [5.74, 6) is -0.844. The second kappa shape index (κ2) is 11.1. The highest BCUT2D eigenvalue weighted by Crippen LogP contribution is 2.40. The number of amides is 1. The van der Waals surface area contributed by atoms with E-state index in [1.807, 2.05) is 24.3 Å². The van der Waals surface area contributed by atoms with Gasteiger partial charge >= 0.3 is 0 Å². The molecule has 1 amide bonds. The molecule has 1 saturated heterocycles. The van der Waals surface area contributed by atoms with Crippen LogP contribution < -0.4 is 4.74 Å². The van der Waals surface area contributed by atoms with E-state index in [1.165, 1.54) is 0 Å². The molecule has 0 aliphatic carbocycles. The van der Waals surface area contributed by atoms with Gasteiger partial charge in [0.05, 0.1) is 18.7 Å². The summed E-state index contributed by atoms with van der Waals surface area (Å²) >= 11 is 0. The smallest absolute Gasteiger partial charge is 0.295 e. The molecule has 1 atom stereocenters. The van der Waals surface area contributed by atoms with Gasteiger partial charge in [0.25, 0.3) is 11.7 Å². The zero-order valence-electron chi connectivity index (χ0n) is 21.8. The first-order chi connectivity index (χ1) is 16.6. The van der Waals surface area contributed by atoms with Crippen LogP contribution in [0.25, 0.3) is 5.76 Å². The van der Waals surface area contributed by atoms with Gasteiger partial charge in [-0.15, -0.1) is 0 Å². The number of methoxy groups -OCH3 is 1. The molecule has 1 aliphatic heterocycles. The fourth-order valence-electron chi connectivity index (χ4n) is 4.55. The molecule has 35 heavy (non-hydrogen) atoms. The first-order valence-corrected chi connectivity index (χ1v) is 12.4. The lowest BCUT2D eigenvalue weighted by Gasteiger charge is -2.27. The van der Waals surface area contributed by atoms with E-state index in [4.69, 9.17) is 4.74 Å². The molecule has 0 spiro atoms. The molecule has 0 saturated carbocycles. The van der Waals surface area contributed by atoms with Gasteiger partial charge < -0.3 is 19.6 Å². The molecule has 1 heterocycles. The largest absolute Gasteiger partial charge is 0.507 e. The van der Waals surface area contributed by atoms with Gasteiger partial charge in [-0.05, 0) is 54.7 Å². The second-order valence-corrected chi connectivity index (χ2v) is 9.98. The van der Waals surface area contributed by atoms with Gasteiger partial charge in [-0.2, -0.15) is 0 Å². The first-order valence-electron chi connectivity index (χ1n) is 12.4. The number of hydrogen-bond acceptors (Lipinski definition) is 5. The molecule has 1 fully saturated rings. The molecule has 0 aromatic heterocycles. The third-order valence-corrected chi connectivity index (χ3v) is 6.74. The van der Waals surface area contributed by atoms with E-state index >= 15 is 0 Å². The number of rotatable bonds is 9. The van der Waals surface area contributed by atoms with Crippen molar-refractivity contribution < 1.29 is 19.4 Å². The number of carbonyl (C=O) groups excluding carboxylic acids is 2. The number of benzene rings is 2. The number of Topliss-reactive ketones (excluding diaryl/α,β-unsaturated/α-hetero) is 1. The van der Waals surface area contributed by atoms with E-state index < -0.39 is 17.7 Å². The Bertz CT molecular complexity index is 1080. The molecule has 0 unspecified atom stereocenters. The predicted molar refractivity (Wildman–Crippen MR) is 140 cm³/mol. The number of aliphatic hydroxyl groups is 1. The van der Waals surface area contributed by atoms with Crippen molar-refractivity contribution in [1.29, 1.82) is 0 Å². The Balaban J connectivity index is 2.06. The van der Waals surface area contributed by atoms with Crippen molar-refractivity contribution in [3.8, 4) is 5.75 Å². The Kier molecular flexibility index (Phi) is 8.39. The Hall–Kier alpha value is -3.12. The molecule has 1 N–H and O–H groups in total. The molecule has 1 aliphatic rings. The zero-order chi connectivity index (χ0) is 25.8. The minimum absolute atomic E-state index is 0.0231. The lowest BCUT2D eigenvalue weighted by Crippen LogP contribution is -2.33. The lowest BCUT2D eigenvalue weighted by atomic mass is 9.85. The topological polar surface area (TPSA) is 70.1 Å². The summed E-state index contributed by atoms with van der Waals surface area (Å²) in [5.41, 5.74) is 2.51. The molecule has 2 aromatic carbocycles. The Morgan fingerprint density at radius 1 is 1.06 bits per heavy atom. The highest BCUT2D eigenvalue weighted by molar-refractivity contribution is 6.46. The van der Waals surface area contributed by atoms with E-state index in [-0.39, 0.29) is 16.7 Å². The van der Waals surface area contributed by atoms with Crippen LogP contribution in [0.15, 0.2) is 54.1 Å². The predicted octanol–water partition coefficient (Wildman–Crippen LogP) is 5.15. The fourth-order valence-corrected chi connectivity index (χ4v) is 4.55. The minimum atomic E-state index is -0.655. The summed E-state index contributed by atoms with van der Waals surface area (Å²) in [7, 11) is 1.55. The van der Waals surface area contributed by atoms with Crippen LogP contribution in [0.2, 0.25) is 0 Å². The Morgan fingerprint density at radius 3 is 2.29 bits per heavy atom. The van der Waals surface area contributed by atoms with Crippen molar-refractivity contribution in [3.63, 3.8) is 0 Å². The molecule has 6 nitrogen and oxygen atoms in total. The summed E-state index contributed by atoms with van der Waals surface area (Å²) in [4.78, 5) is 30.4. The number of likely N-dealkylation sites (tertiary alicyclic amines) is 1. The van der Waals surface area contributed by atoms with Crippen LogP contribution in [-0.2, 0) is 15.0 Å². The van der Waals surface area contributed by atoms with E-state index in [0.29, 0.717) is 17.9 Å². The van der Waals surface area contributed by atoms with Gasteiger partial charge in [0, 0.05) is 12.1 Å². The van der Waals surface area contributed by atoms with Gasteiger partial charge in [-0.1, -0.05) is 71.0 Å². The van der Waals surface area contributed by atoms with Crippen molar-refractivity contribution in [1.82, 2.24) is 9.80 Å². The average molecular weight is 479 g/mol. The third kappa shape index (κ3) is 5.76. The van der Waals surface area contributed by atoms with E-state index in [1.54, 1.807) is 36.3 Å². The summed E-state index contributed by atoms with van der Waals surface area (Å²) < 4.78 is 5.29. The van der Waals surface area contributed by atoms with Crippen LogP contribution in [0.3, 0.4) is 0 Å². The van der Waals surface area contributed by atoms with Crippen LogP contribution in [0, 0.1) is 0 Å². The van der Waals surface area contributed by atoms with Crippen LogP contribution in [0.1, 0.15) is 63.8 Å². The van der Waals surface area contributed by atoms with Crippen LogP contribution >= 0.6 is 0 Å². The number of aliphatic hydroxyl groups excluding tert-OH is 1. The van der Waals surface area contributed by atoms with Gasteiger partial charge in [-0.3, -0.25) is 9.59 Å². The van der Waals surface area contributed by atoms with Gasteiger partial charge in [0.2, 0.25) is 0 Å². The van der Waals surface area contributed by atoms with E-state index in [0.717, 1.165) is 37.2 Å². The molecule has 0 bridgehead atoms. The molecular formula is C29H38N2O4. The number of nitrogens with zero attached hydrogens (tertiary/aromatic N) is 2. The average Bonchev–Trinajstić information content (AvgIpc) is 3.10.